The number of furan rings is 1. The number of carboxylic acid groups (broad SMARTS) is 1. The molecule has 2 N–H and O–H groups in total. The van der Waals surface area contributed by atoms with Crippen molar-refractivity contribution in [1.82, 2.24) is 0 Å². The minimum Gasteiger partial charge on any atom is -0.481 e. The minimum absolute atomic E-state index is 0.0317. The highest BCUT2D eigenvalue weighted by molar-refractivity contribution is 5.80. The average Bonchev–Trinajstić information content (AvgIpc) is 2.71. The normalized spacial score (nSPS) is 12.8. The van der Waals surface area contributed by atoms with Crippen LogP contribution in [-0.2, 0) is 11.2 Å². The van der Waals surface area contributed by atoms with Gasteiger partial charge in [0.25, 0.3) is 0 Å². The zero-order valence-corrected chi connectivity index (χ0v) is 9.30. The lowest BCUT2D eigenvalue weighted by molar-refractivity contribution is -0.138. The van der Waals surface area contributed by atoms with Crippen molar-refractivity contribution >= 4 is 16.9 Å². The molecule has 0 spiro atoms. The summed E-state index contributed by atoms with van der Waals surface area (Å²) in [5.74, 6) is -1.16. The van der Waals surface area contributed by atoms with Gasteiger partial charge < -0.3 is 14.6 Å². The first-order valence-electron chi connectivity index (χ1n) is 5.48. The van der Waals surface area contributed by atoms with E-state index in [0.717, 1.165) is 16.5 Å². The second-order valence-corrected chi connectivity index (χ2v) is 4.11. The summed E-state index contributed by atoms with van der Waals surface area (Å²) in [5, 5.41) is 18.9. The van der Waals surface area contributed by atoms with Crippen LogP contribution in [0.15, 0.2) is 34.9 Å². The molecule has 90 valence electrons. The van der Waals surface area contributed by atoms with Gasteiger partial charge in [0.2, 0.25) is 0 Å². The van der Waals surface area contributed by atoms with Crippen LogP contribution in [0, 0.1) is 5.92 Å². The van der Waals surface area contributed by atoms with Crippen LogP contribution in [0.3, 0.4) is 0 Å². The number of aliphatic hydroxyl groups excluding tert-OH is 1. The molecule has 1 heterocycles. The van der Waals surface area contributed by atoms with E-state index >= 15 is 0 Å². The van der Waals surface area contributed by atoms with Gasteiger partial charge in [0.1, 0.15) is 5.58 Å². The van der Waals surface area contributed by atoms with Crippen LogP contribution in [0.25, 0.3) is 11.0 Å². The Hall–Kier alpha value is -1.81. The Kier molecular flexibility index (Phi) is 3.44. The zero-order chi connectivity index (χ0) is 12.3. The molecule has 2 rings (SSSR count). The maximum Gasteiger partial charge on any atom is 0.303 e. The summed E-state index contributed by atoms with van der Waals surface area (Å²) in [6.07, 6.45) is 2.12. The van der Waals surface area contributed by atoms with E-state index in [4.69, 9.17) is 14.6 Å². The van der Waals surface area contributed by atoms with Crippen LogP contribution in [-0.4, -0.2) is 22.8 Å². The van der Waals surface area contributed by atoms with Crippen LogP contribution in [0.4, 0.5) is 0 Å². The lowest BCUT2D eigenvalue weighted by Crippen LogP contribution is -2.14. The van der Waals surface area contributed by atoms with Crippen molar-refractivity contribution in [2.45, 2.75) is 12.8 Å². The Morgan fingerprint density at radius 2 is 2.12 bits per heavy atom. The van der Waals surface area contributed by atoms with Gasteiger partial charge in [-0.25, -0.2) is 0 Å². The first kappa shape index (κ1) is 11.7. The van der Waals surface area contributed by atoms with Gasteiger partial charge in [-0.2, -0.15) is 0 Å². The molecule has 1 aromatic heterocycles. The minimum atomic E-state index is -0.892. The lowest BCUT2D eigenvalue weighted by atomic mass is 9.97. The fraction of sp³-hybridized carbons (Fsp3) is 0.308. The quantitative estimate of drug-likeness (QED) is 0.830. The molecule has 0 aliphatic rings. The van der Waals surface area contributed by atoms with Crippen molar-refractivity contribution < 1.29 is 19.4 Å². The first-order chi connectivity index (χ1) is 8.20. The van der Waals surface area contributed by atoms with Gasteiger partial charge in [-0.3, -0.25) is 4.79 Å². The molecular weight excluding hydrogens is 220 g/mol. The van der Waals surface area contributed by atoms with Crippen LogP contribution in [0.2, 0.25) is 0 Å². The summed E-state index contributed by atoms with van der Waals surface area (Å²) in [6.45, 7) is -0.133. The molecule has 0 fully saturated rings. The maximum atomic E-state index is 10.6. The number of carboxylic acids is 1. The van der Waals surface area contributed by atoms with Gasteiger partial charge in [0.15, 0.2) is 0 Å². The van der Waals surface area contributed by atoms with Crippen LogP contribution in [0.5, 0.6) is 0 Å². The molecule has 0 bridgehead atoms. The molecule has 1 atom stereocenters. The summed E-state index contributed by atoms with van der Waals surface area (Å²) < 4.78 is 5.37. The highest BCUT2D eigenvalue weighted by Crippen LogP contribution is 2.24. The topological polar surface area (TPSA) is 70.7 Å². The Morgan fingerprint density at radius 1 is 1.35 bits per heavy atom. The van der Waals surface area contributed by atoms with Crippen molar-refractivity contribution in [2.24, 2.45) is 5.92 Å². The fourth-order valence-corrected chi connectivity index (χ4v) is 1.95. The molecule has 0 unspecified atom stereocenters. The van der Waals surface area contributed by atoms with Gasteiger partial charge >= 0.3 is 5.97 Å². The second kappa shape index (κ2) is 5.01. The molecule has 0 aliphatic carbocycles. The van der Waals surface area contributed by atoms with Crippen molar-refractivity contribution in [3.05, 3.63) is 36.1 Å². The Morgan fingerprint density at radius 3 is 2.82 bits per heavy atom. The molecule has 1 aromatic carbocycles. The highest BCUT2D eigenvalue weighted by atomic mass is 16.4. The molecule has 17 heavy (non-hydrogen) atoms. The Labute approximate surface area is 98.5 Å². The molecule has 4 nitrogen and oxygen atoms in total. The van der Waals surface area contributed by atoms with Crippen molar-refractivity contribution in [3.63, 3.8) is 0 Å². The van der Waals surface area contributed by atoms with Gasteiger partial charge in [-0.05, 0) is 24.0 Å². The predicted molar refractivity (Wildman–Crippen MR) is 62.7 cm³/mol. The van der Waals surface area contributed by atoms with Crippen LogP contribution < -0.4 is 0 Å². The third-order valence-corrected chi connectivity index (χ3v) is 2.79. The smallest absolute Gasteiger partial charge is 0.303 e. The second-order valence-electron chi connectivity index (χ2n) is 4.11. The summed E-state index contributed by atoms with van der Waals surface area (Å²) in [6, 6.07) is 7.59. The van der Waals surface area contributed by atoms with E-state index in [1.807, 2.05) is 24.3 Å². The first-order valence-corrected chi connectivity index (χ1v) is 5.48. The highest BCUT2D eigenvalue weighted by Gasteiger charge is 2.15. The van der Waals surface area contributed by atoms with E-state index in [1.165, 1.54) is 0 Å². The molecular formula is C13H14O4. The number of aliphatic hydroxyl groups is 1. The monoisotopic (exact) mass is 234 g/mol. The molecule has 0 radical (unpaired) electrons. The number of para-hydroxylation sites is 1. The Balaban J connectivity index is 2.19. The number of hydrogen-bond acceptors (Lipinski definition) is 3. The molecule has 4 heteroatoms. The fourth-order valence-electron chi connectivity index (χ4n) is 1.95. The SMILES string of the molecule is O=C(O)C[C@@H](CO)Cc1coc2ccccc12. The average molecular weight is 234 g/mol. The number of rotatable bonds is 5. The van der Waals surface area contributed by atoms with Crippen molar-refractivity contribution in [3.8, 4) is 0 Å². The third-order valence-electron chi connectivity index (χ3n) is 2.79. The van der Waals surface area contributed by atoms with Gasteiger partial charge in [-0.15, -0.1) is 0 Å². The van der Waals surface area contributed by atoms with Gasteiger partial charge in [0, 0.05) is 12.0 Å². The van der Waals surface area contributed by atoms with E-state index in [0.29, 0.717) is 6.42 Å². The van der Waals surface area contributed by atoms with Crippen molar-refractivity contribution in [1.29, 1.82) is 0 Å². The summed E-state index contributed by atoms with van der Waals surface area (Å²) in [4.78, 5) is 10.6. The van der Waals surface area contributed by atoms with Crippen LogP contribution in [0.1, 0.15) is 12.0 Å². The van der Waals surface area contributed by atoms with Crippen molar-refractivity contribution in [2.75, 3.05) is 6.61 Å². The Bertz CT molecular complexity index is 515. The maximum absolute atomic E-state index is 10.6. The molecule has 0 saturated carbocycles. The summed E-state index contributed by atoms with van der Waals surface area (Å²) >= 11 is 0. The van der Waals surface area contributed by atoms with E-state index in [1.54, 1.807) is 6.26 Å². The number of carbonyl (C=O) groups is 1. The number of benzene rings is 1. The molecule has 0 amide bonds. The third kappa shape index (κ3) is 2.65. The summed E-state index contributed by atoms with van der Waals surface area (Å²) in [7, 11) is 0. The number of hydrogen-bond donors (Lipinski definition) is 2. The van der Waals surface area contributed by atoms with Gasteiger partial charge in [0.05, 0.1) is 12.7 Å². The zero-order valence-electron chi connectivity index (χ0n) is 9.30. The predicted octanol–water partition coefficient (Wildman–Crippen LogP) is 2.06. The number of fused-ring (bicyclic) bond motifs is 1. The van der Waals surface area contributed by atoms with Crippen LogP contribution >= 0.6 is 0 Å². The number of aliphatic carboxylic acids is 1. The van der Waals surface area contributed by atoms with Gasteiger partial charge in [-0.1, -0.05) is 18.2 Å². The van der Waals surface area contributed by atoms with E-state index in [2.05, 4.69) is 0 Å². The molecule has 0 aliphatic heterocycles. The molecule has 0 saturated heterocycles. The largest absolute Gasteiger partial charge is 0.481 e. The lowest BCUT2D eigenvalue weighted by Gasteiger charge is -2.09. The molecule has 2 aromatic rings. The van der Waals surface area contributed by atoms with E-state index < -0.39 is 5.97 Å². The van der Waals surface area contributed by atoms with E-state index in [9.17, 15) is 4.79 Å². The summed E-state index contributed by atoms with van der Waals surface area (Å²) in [5.41, 5.74) is 1.73. The standard InChI is InChI=1S/C13H14O4/c14-7-9(6-13(15)16)5-10-8-17-12-4-2-1-3-11(10)12/h1-4,8-9,14H,5-7H2,(H,15,16)/t9-/m0/s1. The van der Waals surface area contributed by atoms with E-state index in [-0.39, 0.29) is 18.9 Å².